The summed E-state index contributed by atoms with van der Waals surface area (Å²) >= 11 is 1.20. The Balaban J connectivity index is 2.08. The van der Waals surface area contributed by atoms with Gasteiger partial charge in [-0.2, -0.15) is 0 Å². The average Bonchev–Trinajstić information content (AvgIpc) is 2.95. The van der Waals surface area contributed by atoms with Gasteiger partial charge in [-0.05, 0) is 37.0 Å². The second-order valence-electron chi connectivity index (χ2n) is 5.01. The van der Waals surface area contributed by atoms with Gasteiger partial charge in [-0.1, -0.05) is 16.6 Å². The third kappa shape index (κ3) is 2.16. The van der Waals surface area contributed by atoms with Gasteiger partial charge in [-0.25, -0.2) is 0 Å². The molecule has 0 radical (unpaired) electrons. The molecule has 20 heavy (non-hydrogen) atoms. The summed E-state index contributed by atoms with van der Waals surface area (Å²) in [4.78, 5) is 16.7. The van der Waals surface area contributed by atoms with Crippen LogP contribution in [0.3, 0.4) is 0 Å². The Kier molecular flexibility index (Phi) is 3.40. The Bertz CT molecular complexity index is 613. The largest absolute Gasteiger partial charge is 0.373 e. The number of amides is 1. The van der Waals surface area contributed by atoms with E-state index in [1.807, 2.05) is 29.2 Å². The number of hydrogen-bond donors (Lipinski definition) is 0. The topological polar surface area (TPSA) is 49.3 Å². The summed E-state index contributed by atoms with van der Waals surface area (Å²) in [6, 6.07) is 8.14. The van der Waals surface area contributed by atoms with Gasteiger partial charge in [0.1, 0.15) is 0 Å². The lowest BCUT2D eigenvalue weighted by Crippen LogP contribution is -2.38. The van der Waals surface area contributed by atoms with Crippen molar-refractivity contribution in [3.05, 3.63) is 35.3 Å². The summed E-state index contributed by atoms with van der Waals surface area (Å²) in [6.07, 6.45) is 0.925. The van der Waals surface area contributed by atoms with Crippen molar-refractivity contribution in [3.63, 3.8) is 0 Å². The van der Waals surface area contributed by atoms with Crippen molar-refractivity contribution >= 4 is 28.8 Å². The van der Waals surface area contributed by atoms with E-state index in [1.165, 1.54) is 11.5 Å². The Morgan fingerprint density at radius 1 is 1.35 bits per heavy atom. The SMILES string of the molecule is CC1CCN(C)c2ccccc2N1C(=O)c1csnn1. The molecule has 3 rings (SSSR count). The molecule has 2 heterocycles. The molecule has 1 amide bonds. The Morgan fingerprint density at radius 3 is 2.80 bits per heavy atom. The fourth-order valence-electron chi connectivity index (χ4n) is 2.55. The van der Waals surface area contributed by atoms with Gasteiger partial charge in [0.25, 0.3) is 5.91 Å². The highest BCUT2D eigenvalue weighted by Crippen LogP contribution is 2.34. The molecular formula is C14H16N4OS. The van der Waals surface area contributed by atoms with Gasteiger partial charge in [0.05, 0.1) is 11.4 Å². The van der Waals surface area contributed by atoms with Crippen molar-refractivity contribution < 1.29 is 4.79 Å². The molecule has 1 aromatic carbocycles. The highest BCUT2D eigenvalue weighted by atomic mass is 32.1. The predicted octanol–water partition coefficient (Wildman–Crippen LogP) is 2.41. The van der Waals surface area contributed by atoms with Crippen molar-refractivity contribution in [1.29, 1.82) is 0 Å². The molecule has 1 aliphatic heterocycles. The first-order valence-electron chi connectivity index (χ1n) is 6.59. The first-order chi connectivity index (χ1) is 9.68. The quantitative estimate of drug-likeness (QED) is 0.808. The van der Waals surface area contributed by atoms with Crippen LogP contribution in [0, 0.1) is 0 Å². The molecule has 0 saturated heterocycles. The predicted molar refractivity (Wildman–Crippen MR) is 80.5 cm³/mol. The standard InChI is InChI=1S/C14H16N4OS/c1-10-7-8-17(2)12-5-3-4-6-13(12)18(10)14(19)11-9-20-16-15-11/h3-6,9-10H,7-8H2,1-2H3. The monoisotopic (exact) mass is 288 g/mol. The molecule has 1 aliphatic rings. The van der Waals surface area contributed by atoms with E-state index in [0.29, 0.717) is 5.69 Å². The Morgan fingerprint density at radius 2 is 2.10 bits per heavy atom. The minimum absolute atomic E-state index is 0.0750. The van der Waals surface area contributed by atoms with Crippen LogP contribution in [0.1, 0.15) is 23.8 Å². The van der Waals surface area contributed by atoms with Gasteiger partial charge < -0.3 is 9.80 Å². The van der Waals surface area contributed by atoms with E-state index in [-0.39, 0.29) is 11.9 Å². The maximum atomic E-state index is 12.7. The molecule has 0 N–H and O–H groups in total. The third-order valence-corrected chi connectivity index (χ3v) is 4.18. The van der Waals surface area contributed by atoms with E-state index in [0.717, 1.165) is 24.3 Å². The van der Waals surface area contributed by atoms with Gasteiger partial charge in [-0.3, -0.25) is 4.79 Å². The van der Waals surface area contributed by atoms with E-state index in [9.17, 15) is 4.79 Å². The second kappa shape index (κ2) is 5.20. The molecule has 0 saturated carbocycles. The summed E-state index contributed by atoms with van der Waals surface area (Å²) in [5.41, 5.74) is 2.44. The third-order valence-electron chi connectivity index (χ3n) is 3.67. The number of benzene rings is 1. The fraction of sp³-hybridized carbons (Fsp3) is 0.357. The zero-order valence-corrected chi connectivity index (χ0v) is 12.3. The van der Waals surface area contributed by atoms with Crippen molar-refractivity contribution in [3.8, 4) is 0 Å². The maximum absolute atomic E-state index is 12.7. The molecule has 6 heteroatoms. The first-order valence-corrected chi connectivity index (χ1v) is 7.43. The minimum Gasteiger partial charge on any atom is -0.373 e. The van der Waals surface area contributed by atoms with Crippen LogP contribution in [0.25, 0.3) is 0 Å². The van der Waals surface area contributed by atoms with Crippen LogP contribution < -0.4 is 9.80 Å². The molecule has 0 spiro atoms. The van der Waals surface area contributed by atoms with Gasteiger partial charge in [0.15, 0.2) is 5.69 Å². The first kappa shape index (κ1) is 13.1. The molecule has 5 nitrogen and oxygen atoms in total. The molecule has 1 unspecified atom stereocenters. The van der Waals surface area contributed by atoms with Crippen LogP contribution in [0.15, 0.2) is 29.6 Å². The number of aromatic nitrogens is 2. The zero-order chi connectivity index (χ0) is 14.1. The number of fused-ring (bicyclic) bond motifs is 1. The number of rotatable bonds is 1. The summed E-state index contributed by atoms with van der Waals surface area (Å²) < 4.78 is 3.79. The van der Waals surface area contributed by atoms with E-state index >= 15 is 0 Å². The van der Waals surface area contributed by atoms with Crippen molar-refractivity contribution in [2.24, 2.45) is 0 Å². The van der Waals surface area contributed by atoms with Crippen molar-refractivity contribution in [2.45, 2.75) is 19.4 Å². The number of anilines is 2. The second-order valence-corrected chi connectivity index (χ2v) is 5.62. The molecule has 2 aromatic rings. The minimum atomic E-state index is -0.0750. The molecule has 0 bridgehead atoms. The molecule has 1 atom stereocenters. The number of para-hydroxylation sites is 2. The number of hydrogen-bond acceptors (Lipinski definition) is 5. The number of nitrogens with zero attached hydrogens (tertiary/aromatic N) is 4. The Labute approximate surface area is 122 Å². The molecular weight excluding hydrogens is 272 g/mol. The zero-order valence-electron chi connectivity index (χ0n) is 11.5. The van der Waals surface area contributed by atoms with Crippen LogP contribution in [0.5, 0.6) is 0 Å². The molecule has 1 aromatic heterocycles. The van der Waals surface area contributed by atoms with Gasteiger partial charge in [0, 0.05) is 25.0 Å². The smallest absolute Gasteiger partial charge is 0.280 e. The van der Waals surface area contributed by atoms with Crippen LogP contribution >= 0.6 is 11.5 Å². The number of carbonyl (C=O) groups is 1. The normalized spacial score (nSPS) is 18.6. The highest BCUT2D eigenvalue weighted by Gasteiger charge is 2.30. The van der Waals surface area contributed by atoms with Gasteiger partial charge in [-0.15, -0.1) is 5.10 Å². The molecule has 0 fully saturated rings. The van der Waals surface area contributed by atoms with Gasteiger partial charge >= 0.3 is 0 Å². The summed E-state index contributed by atoms with van der Waals surface area (Å²) in [5.74, 6) is -0.0750. The maximum Gasteiger partial charge on any atom is 0.280 e. The lowest BCUT2D eigenvalue weighted by molar-refractivity contribution is 0.0973. The van der Waals surface area contributed by atoms with E-state index in [1.54, 1.807) is 5.38 Å². The lowest BCUT2D eigenvalue weighted by atomic mass is 10.1. The van der Waals surface area contributed by atoms with Crippen LogP contribution in [0.2, 0.25) is 0 Å². The summed E-state index contributed by atoms with van der Waals surface area (Å²) in [6.45, 7) is 3.00. The van der Waals surface area contributed by atoms with Crippen molar-refractivity contribution in [2.75, 3.05) is 23.4 Å². The van der Waals surface area contributed by atoms with E-state index < -0.39 is 0 Å². The fourth-order valence-corrected chi connectivity index (χ4v) is 2.98. The van der Waals surface area contributed by atoms with E-state index in [2.05, 4.69) is 28.5 Å². The summed E-state index contributed by atoms with van der Waals surface area (Å²) in [5, 5.41) is 5.61. The highest BCUT2D eigenvalue weighted by molar-refractivity contribution is 7.03. The van der Waals surface area contributed by atoms with Crippen LogP contribution in [0.4, 0.5) is 11.4 Å². The van der Waals surface area contributed by atoms with Crippen LogP contribution in [-0.4, -0.2) is 35.1 Å². The molecule has 104 valence electrons. The van der Waals surface area contributed by atoms with Gasteiger partial charge in [0.2, 0.25) is 0 Å². The lowest BCUT2D eigenvalue weighted by Gasteiger charge is -2.27. The Hall–Kier alpha value is -1.95. The summed E-state index contributed by atoms with van der Waals surface area (Å²) in [7, 11) is 2.06. The van der Waals surface area contributed by atoms with Crippen molar-refractivity contribution in [1.82, 2.24) is 9.59 Å². The number of carbonyl (C=O) groups excluding carboxylic acids is 1. The molecule has 0 aliphatic carbocycles. The van der Waals surface area contributed by atoms with Crippen LogP contribution in [-0.2, 0) is 0 Å². The average molecular weight is 288 g/mol. The van der Waals surface area contributed by atoms with E-state index in [4.69, 9.17) is 0 Å².